The Labute approximate surface area is 112 Å². The molecular formula is C12H21N3O4. The molecule has 0 bridgehead atoms. The third kappa shape index (κ3) is 4.42. The van der Waals surface area contributed by atoms with Gasteiger partial charge in [0, 0.05) is 13.6 Å². The van der Waals surface area contributed by atoms with Gasteiger partial charge < -0.3 is 20.6 Å². The second-order valence-corrected chi connectivity index (χ2v) is 4.94. The summed E-state index contributed by atoms with van der Waals surface area (Å²) in [6.07, 6.45) is 2.17. The maximum absolute atomic E-state index is 11.9. The summed E-state index contributed by atoms with van der Waals surface area (Å²) in [7, 11) is 1.51. The molecule has 0 aliphatic heterocycles. The van der Waals surface area contributed by atoms with Crippen LogP contribution in [0.4, 0.5) is 4.79 Å². The van der Waals surface area contributed by atoms with E-state index in [4.69, 9.17) is 5.11 Å². The third-order valence-electron chi connectivity index (χ3n) is 3.27. The van der Waals surface area contributed by atoms with Crippen LogP contribution in [0.3, 0.4) is 0 Å². The average Bonchev–Trinajstić information content (AvgIpc) is 2.25. The minimum Gasteiger partial charge on any atom is -0.481 e. The molecule has 19 heavy (non-hydrogen) atoms. The van der Waals surface area contributed by atoms with Gasteiger partial charge in [0.15, 0.2) is 0 Å². The lowest BCUT2D eigenvalue weighted by Gasteiger charge is -2.42. The topological polar surface area (TPSA) is 98.7 Å². The lowest BCUT2D eigenvalue weighted by atomic mass is 9.74. The number of nitrogens with zero attached hydrogens (tertiary/aromatic N) is 1. The molecule has 0 aromatic heterocycles. The minimum atomic E-state index is -0.925. The van der Waals surface area contributed by atoms with E-state index < -0.39 is 17.5 Å². The Morgan fingerprint density at radius 1 is 1.32 bits per heavy atom. The zero-order valence-electron chi connectivity index (χ0n) is 11.4. The summed E-state index contributed by atoms with van der Waals surface area (Å²) in [5.41, 5.74) is -0.640. The van der Waals surface area contributed by atoms with Crippen molar-refractivity contribution in [2.75, 3.05) is 20.1 Å². The Kier molecular flexibility index (Phi) is 5.14. The zero-order valence-corrected chi connectivity index (χ0v) is 11.4. The minimum absolute atomic E-state index is 0.0389. The van der Waals surface area contributed by atoms with Crippen molar-refractivity contribution >= 4 is 17.9 Å². The maximum atomic E-state index is 11.9. The summed E-state index contributed by atoms with van der Waals surface area (Å²) in [6.45, 7) is 2.27. The second-order valence-electron chi connectivity index (χ2n) is 4.94. The summed E-state index contributed by atoms with van der Waals surface area (Å²) in [5.74, 6) is -1.16. The summed E-state index contributed by atoms with van der Waals surface area (Å²) in [4.78, 5) is 35.3. The van der Waals surface area contributed by atoms with Gasteiger partial charge in [-0.1, -0.05) is 0 Å². The molecule has 0 atom stereocenters. The Hall–Kier alpha value is -1.79. The van der Waals surface area contributed by atoms with E-state index in [0.717, 1.165) is 6.42 Å². The van der Waals surface area contributed by atoms with E-state index in [9.17, 15) is 14.4 Å². The first-order valence-electron chi connectivity index (χ1n) is 6.40. The first-order valence-corrected chi connectivity index (χ1v) is 6.40. The summed E-state index contributed by atoms with van der Waals surface area (Å²) >= 11 is 0. The number of carbonyl (C=O) groups is 3. The predicted octanol–water partition coefficient (Wildman–Crippen LogP) is 0.161. The van der Waals surface area contributed by atoms with Crippen LogP contribution in [-0.4, -0.2) is 53.6 Å². The first-order chi connectivity index (χ1) is 8.88. The number of hydrogen-bond acceptors (Lipinski definition) is 3. The van der Waals surface area contributed by atoms with Gasteiger partial charge in [0.2, 0.25) is 5.91 Å². The highest BCUT2D eigenvalue weighted by molar-refractivity contribution is 5.84. The number of carboxylic acids is 1. The Balaban J connectivity index is 2.48. The fraction of sp³-hybridized carbons (Fsp3) is 0.750. The number of rotatable bonds is 6. The molecule has 0 aromatic carbocycles. The number of carboxylic acid groups (broad SMARTS) is 1. The van der Waals surface area contributed by atoms with Crippen LogP contribution in [-0.2, 0) is 9.59 Å². The number of carbonyl (C=O) groups excluding carboxylic acids is 2. The van der Waals surface area contributed by atoms with Crippen LogP contribution in [0.5, 0.6) is 0 Å². The molecule has 7 nitrogen and oxygen atoms in total. The van der Waals surface area contributed by atoms with Crippen LogP contribution in [0, 0.1) is 0 Å². The maximum Gasteiger partial charge on any atom is 0.318 e. The van der Waals surface area contributed by atoms with E-state index in [1.54, 1.807) is 6.92 Å². The van der Waals surface area contributed by atoms with Crippen molar-refractivity contribution in [1.29, 1.82) is 0 Å². The van der Waals surface area contributed by atoms with Gasteiger partial charge in [0.1, 0.15) is 6.54 Å². The SMILES string of the molecule is CCNC(=O)CN(C)C(=O)NC1(CC(=O)O)CCC1. The first kappa shape index (κ1) is 15.3. The van der Waals surface area contributed by atoms with Crippen LogP contribution < -0.4 is 10.6 Å². The number of likely N-dealkylation sites (N-methyl/N-ethyl adjacent to an activating group) is 2. The van der Waals surface area contributed by atoms with E-state index in [-0.39, 0.29) is 18.9 Å². The molecule has 0 saturated heterocycles. The van der Waals surface area contributed by atoms with Crippen LogP contribution in [0.25, 0.3) is 0 Å². The molecule has 0 unspecified atom stereocenters. The van der Waals surface area contributed by atoms with Crippen LogP contribution >= 0.6 is 0 Å². The van der Waals surface area contributed by atoms with Crippen molar-refractivity contribution in [2.45, 2.75) is 38.1 Å². The van der Waals surface area contributed by atoms with Gasteiger partial charge in [-0.2, -0.15) is 0 Å². The molecule has 3 amide bonds. The zero-order chi connectivity index (χ0) is 14.5. The van der Waals surface area contributed by atoms with Crippen LogP contribution in [0.1, 0.15) is 32.6 Å². The van der Waals surface area contributed by atoms with Crippen molar-refractivity contribution in [3.63, 3.8) is 0 Å². The average molecular weight is 271 g/mol. The van der Waals surface area contributed by atoms with Crippen molar-refractivity contribution in [2.24, 2.45) is 0 Å². The largest absolute Gasteiger partial charge is 0.481 e. The third-order valence-corrected chi connectivity index (χ3v) is 3.27. The number of urea groups is 1. The molecule has 1 rings (SSSR count). The number of nitrogens with one attached hydrogen (secondary N) is 2. The summed E-state index contributed by atoms with van der Waals surface area (Å²) in [6, 6.07) is -0.410. The molecule has 1 saturated carbocycles. The van der Waals surface area contributed by atoms with E-state index in [2.05, 4.69) is 10.6 Å². The van der Waals surface area contributed by atoms with Gasteiger partial charge in [0.05, 0.1) is 12.0 Å². The molecule has 3 N–H and O–H groups in total. The Bertz CT molecular complexity index is 366. The molecule has 1 aliphatic carbocycles. The van der Waals surface area contributed by atoms with Crippen molar-refractivity contribution < 1.29 is 19.5 Å². The quantitative estimate of drug-likeness (QED) is 0.641. The monoisotopic (exact) mass is 271 g/mol. The summed E-state index contributed by atoms with van der Waals surface area (Å²) < 4.78 is 0. The molecule has 1 aliphatic rings. The van der Waals surface area contributed by atoms with Gasteiger partial charge in [-0.25, -0.2) is 4.79 Å². The van der Waals surface area contributed by atoms with Gasteiger partial charge in [-0.3, -0.25) is 9.59 Å². The summed E-state index contributed by atoms with van der Waals surface area (Å²) in [5, 5.41) is 14.2. The number of aliphatic carboxylic acids is 1. The molecule has 0 radical (unpaired) electrons. The molecule has 0 aromatic rings. The van der Waals surface area contributed by atoms with E-state index in [0.29, 0.717) is 19.4 Å². The van der Waals surface area contributed by atoms with Gasteiger partial charge >= 0.3 is 12.0 Å². The van der Waals surface area contributed by atoms with Gasteiger partial charge in [0.25, 0.3) is 0 Å². The number of hydrogen-bond donors (Lipinski definition) is 3. The van der Waals surface area contributed by atoms with Gasteiger partial charge in [-0.05, 0) is 26.2 Å². The highest BCUT2D eigenvalue weighted by atomic mass is 16.4. The van der Waals surface area contributed by atoms with Crippen molar-refractivity contribution in [3.05, 3.63) is 0 Å². The predicted molar refractivity (Wildman–Crippen MR) is 68.7 cm³/mol. The van der Waals surface area contributed by atoms with Crippen molar-refractivity contribution in [3.8, 4) is 0 Å². The molecule has 0 spiro atoms. The highest BCUT2D eigenvalue weighted by Crippen LogP contribution is 2.34. The molecule has 7 heteroatoms. The standard InChI is InChI=1S/C12H21N3O4/c1-3-13-9(16)8-15(2)11(19)14-12(5-4-6-12)7-10(17)18/h3-8H2,1-2H3,(H,13,16)(H,14,19)(H,17,18). The smallest absolute Gasteiger partial charge is 0.318 e. The molecular weight excluding hydrogens is 250 g/mol. The Morgan fingerprint density at radius 3 is 2.37 bits per heavy atom. The van der Waals surface area contributed by atoms with Crippen LogP contribution in [0.2, 0.25) is 0 Å². The van der Waals surface area contributed by atoms with E-state index >= 15 is 0 Å². The normalized spacial score (nSPS) is 16.1. The fourth-order valence-electron chi connectivity index (χ4n) is 2.10. The van der Waals surface area contributed by atoms with Crippen molar-refractivity contribution in [1.82, 2.24) is 15.5 Å². The lowest BCUT2D eigenvalue weighted by Crippen LogP contribution is -2.58. The lowest BCUT2D eigenvalue weighted by molar-refractivity contribution is -0.139. The molecule has 1 fully saturated rings. The fourth-order valence-corrected chi connectivity index (χ4v) is 2.10. The molecule has 108 valence electrons. The second kappa shape index (κ2) is 6.40. The van der Waals surface area contributed by atoms with E-state index in [1.807, 2.05) is 0 Å². The number of amides is 3. The van der Waals surface area contributed by atoms with Gasteiger partial charge in [-0.15, -0.1) is 0 Å². The molecule has 0 heterocycles. The van der Waals surface area contributed by atoms with Crippen LogP contribution in [0.15, 0.2) is 0 Å². The van der Waals surface area contributed by atoms with E-state index in [1.165, 1.54) is 11.9 Å². The highest BCUT2D eigenvalue weighted by Gasteiger charge is 2.40. The Morgan fingerprint density at radius 2 is 1.95 bits per heavy atom.